The molecule has 1 aliphatic heterocycles. The fourth-order valence-corrected chi connectivity index (χ4v) is 2.97. The van der Waals surface area contributed by atoms with Gasteiger partial charge in [0.15, 0.2) is 0 Å². The van der Waals surface area contributed by atoms with Crippen LogP contribution in [0.4, 0.5) is 0 Å². The van der Waals surface area contributed by atoms with E-state index in [1.165, 1.54) is 12.8 Å². The average Bonchev–Trinajstić information content (AvgIpc) is 2.24. The molecule has 4 heteroatoms. The lowest BCUT2D eigenvalue weighted by molar-refractivity contribution is -0.146. The number of carbonyl (C=O) groups is 2. The largest absolute Gasteiger partial charge is 0.339 e. The van der Waals surface area contributed by atoms with Gasteiger partial charge in [0.25, 0.3) is 0 Å². The lowest BCUT2D eigenvalue weighted by Crippen LogP contribution is -2.54. The first-order valence-electron chi connectivity index (χ1n) is 7.33. The molecule has 0 radical (unpaired) electrons. The van der Waals surface area contributed by atoms with Gasteiger partial charge in [-0.3, -0.25) is 9.59 Å². The molecule has 2 amide bonds. The molecule has 0 atom stereocenters. The van der Waals surface area contributed by atoms with Gasteiger partial charge in [-0.2, -0.15) is 0 Å². The summed E-state index contributed by atoms with van der Waals surface area (Å²) in [6, 6.07) is 0. The summed E-state index contributed by atoms with van der Waals surface area (Å²) < 4.78 is 0. The highest BCUT2D eigenvalue weighted by Crippen LogP contribution is 2.30. The van der Waals surface area contributed by atoms with Gasteiger partial charge in [0.05, 0.1) is 0 Å². The summed E-state index contributed by atoms with van der Waals surface area (Å²) in [5.74, 6) is 1.24. The van der Waals surface area contributed by atoms with E-state index < -0.39 is 0 Å². The van der Waals surface area contributed by atoms with E-state index in [1.807, 2.05) is 9.80 Å². The molecule has 1 saturated heterocycles. The number of hydrogen-bond donors (Lipinski definition) is 0. The average molecular weight is 250 g/mol. The summed E-state index contributed by atoms with van der Waals surface area (Å²) >= 11 is 0. The molecule has 4 nitrogen and oxygen atoms in total. The maximum Gasteiger partial charge on any atom is 0.225 e. The van der Waals surface area contributed by atoms with Crippen LogP contribution in [0.5, 0.6) is 0 Å². The van der Waals surface area contributed by atoms with Crippen molar-refractivity contribution in [3.8, 4) is 0 Å². The van der Waals surface area contributed by atoms with Crippen molar-refractivity contribution in [1.82, 2.24) is 9.80 Å². The minimum atomic E-state index is 0.291. The smallest absolute Gasteiger partial charge is 0.225 e. The topological polar surface area (TPSA) is 40.6 Å². The zero-order chi connectivity index (χ0) is 12.5. The van der Waals surface area contributed by atoms with E-state index in [0.717, 1.165) is 51.9 Å². The molecule has 3 fully saturated rings. The standard InChI is InChI=1S/C14H22N2O2/c17-13(11-3-1-4-11)15-7-9-16(10-8-15)14(18)12-5-2-6-12/h11-12H,1-10H2. The predicted molar refractivity (Wildman–Crippen MR) is 67.8 cm³/mol. The Morgan fingerprint density at radius 2 is 1.00 bits per heavy atom. The fraction of sp³-hybridized carbons (Fsp3) is 0.857. The number of carbonyl (C=O) groups excluding carboxylic acids is 2. The molecule has 0 bridgehead atoms. The van der Waals surface area contributed by atoms with Crippen LogP contribution in [0.25, 0.3) is 0 Å². The van der Waals surface area contributed by atoms with E-state index in [4.69, 9.17) is 0 Å². The first-order valence-corrected chi connectivity index (χ1v) is 7.33. The molecule has 0 N–H and O–H groups in total. The predicted octanol–water partition coefficient (Wildman–Crippen LogP) is 1.26. The zero-order valence-corrected chi connectivity index (χ0v) is 10.9. The lowest BCUT2D eigenvalue weighted by Gasteiger charge is -2.40. The van der Waals surface area contributed by atoms with Crippen LogP contribution in [0.3, 0.4) is 0 Å². The van der Waals surface area contributed by atoms with Gasteiger partial charge in [0.1, 0.15) is 0 Å². The highest BCUT2D eigenvalue weighted by atomic mass is 16.2. The van der Waals surface area contributed by atoms with Crippen molar-refractivity contribution in [2.24, 2.45) is 11.8 Å². The number of nitrogens with zero attached hydrogens (tertiary/aromatic N) is 2. The van der Waals surface area contributed by atoms with Gasteiger partial charge in [-0.15, -0.1) is 0 Å². The Balaban J connectivity index is 1.48. The Bertz CT molecular complexity index is 306. The first-order chi connectivity index (χ1) is 8.75. The number of rotatable bonds is 2. The van der Waals surface area contributed by atoms with Gasteiger partial charge in [-0.1, -0.05) is 12.8 Å². The van der Waals surface area contributed by atoms with Crippen LogP contribution in [-0.2, 0) is 9.59 Å². The monoisotopic (exact) mass is 250 g/mol. The number of amides is 2. The first kappa shape index (κ1) is 12.0. The van der Waals surface area contributed by atoms with Gasteiger partial charge in [0.2, 0.25) is 11.8 Å². The molecule has 0 spiro atoms. The zero-order valence-electron chi connectivity index (χ0n) is 10.9. The molecular weight excluding hydrogens is 228 g/mol. The second-order valence-corrected chi connectivity index (χ2v) is 5.91. The third-order valence-corrected chi connectivity index (χ3v) is 4.81. The van der Waals surface area contributed by atoms with Crippen LogP contribution in [0.15, 0.2) is 0 Å². The van der Waals surface area contributed by atoms with Crippen LogP contribution in [-0.4, -0.2) is 47.8 Å². The van der Waals surface area contributed by atoms with Crippen LogP contribution < -0.4 is 0 Å². The van der Waals surface area contributed by atoms with Gasteiger partial charge in [0, 0.05) is 38.0 Å². The Kier molecular flexibility index (Phi) is 3.27. The lowest BCUT2D eigenvalue weighted by atomic mass is 9.83. The molecule has 18 heavy (non-hydrogen) atoms. The van der Waals surface area contributed by atoms with Crippen LogP contribution in [0.1, 0.15) is 38.5 Å². The fourth-order valence-electron chi connectivity index (χ4n) is 2.97. The summed E-state index contributed by atoms with van der Waals surface area (Å²) in [6.45, 7) is 2.98. The van der Waals surface area contributed by atoms with Crippen LogP contribution in [0, 0.1) is 11.8 Å². The number of hydrogen-bond acceptors (Lipinski definition) is 2. The molecule has 0 aromatic heterocycles. The third-order valence-electron chi connectivity index (χ3n) is 4.81. The second-order valence-electron chi connectivity index (χ2n) is 5.91. The van der Waals surface area contributed by atoms with Gasteiger partial charge in [-0.05, 0) is 25.7 Å². The Morgan fingerprint density at radius 3 is 1.22 bits per heavy atom. The highest BCUT2D eigenvalue weighted by Gasteiger charge is 2.34. The van der Waals surface area contributed by atoms with Crippen molar-refractivity contribution in [3.63, 3.8) is 0 Å². The van der Waals surface area contributed by atoms with Crippen molar-refractivity contribution < 1.29 is 9.59 Å². The summed E-state index contributed by atoms with van der Waals surface area (Å²) in [4.78, 5) is 28.1. The molecule has 100 valence electrons. The van der Waals surface area contributed by atoms with E-state index in [9.17, 15) is 9.59 Å². The van der Waals surface area contributed by atoms with Crippen LogP contribution >= 0.6 is 0 Å². The summed E-state index contributed by atoms with van der Waals surface area (Å²) in [6.07, 6.45) is 6.69. The molecule has 2 aliphatic carbocycles. The molecule has 3 aliphatic rings. The van der Waals surface area contributed by atoms with Gasteiger partial charge < -0.3 is 9.80 Å². The summed E-state index contributed by atoms with van der Waals surface area (Å²) in [7, 11) is 0. The maximum atomic E-state index is 12.1. The summed E-state index contributed by atoms with van der Waals surface area (Å²) in [5, 5.41) is 0. The van der Waals surface area contributed by atoms with Gasteiger partial charge >= 0.3 is 0 Å². The van der Waals surface area contributed by atoms with E-state index >= 15 is 0 Å². The minimum Gasteiger partial charge on any atom is -0.339 e. The molecule has 2 saturated carbocycles. The molecule has 1 heterocycles. The molecule has 0 aromatic carbocycles. The summed E-state index contributed by atoms with van der Waals surface area (Å²) in [5.41, 5.74) is 0. The Labute approximate surface area is 108 Å². The van der Waals surface area contributed by atoms with E-state index in [1.54, 1.807) is 0 Å². The van der Waals surface area contributed by atoms with E-state index in [2.05, 4.69) is 0 Å². The quantitative estimate of drug-likeness (QED) is 0.740. The van der Waals surface area contributed by atoms with Crippen molar-refractivity contribution in [3.05, 3.63) is 0 Å². The second kappa shape index (κ2) is 4.90. The maximum absolute atomic E-state index is 12.1. The Hall–Kier alpha value is -1.06. The Morgan fingerprint density at radius 1 is 0.667 bits per heavy atom. The SMILES string of the molecule is O=C(C1CCC1)N1CCN(C(=O)C2CCC2)CC1. The van der Waals surface area contributed by atoms with Gasteiger partial charge in [-0.25, -0.2) is 0 Å². The van der Waals surface area contributed by atoms with Crippen molar-refractivity contribution in [2.45, 2.75) is 38.5 Å². The molecule has 3 rings (SSSR count). The molecule has 0 unspecified atom stereocenters. The molecule has 0 aromatic rings. The van der Waals surface area contributed by atoms with Crippen molar-refractivity contribution in [2.75, 3.05) is 26.2 Å². The van der Waals surface area contributed by atoms with Crippen molar-refractivity contribution in [1.29, 1.82) is 0 Å². The van der Waals surface area contributed by atoms with E-state index in [-0.39, 0.29) is 0 Å². The van der Waals surface area contributed by atoms with Crippen LogP contribution in [0.2, 0.25) is 0 Å². The highest BCUT2D eigenvalue weighted by molar-refractivity contribution is 5.81. The number of piperazine rings is 1. The van der Waals surface area contributed by atoms with Crippen molar-refractivity contribution >= 4 is 11.8 Å². The molecular formula is C14H22N2O2. The normalized spacial score (nSPS) is 25.6. The minimum absolute atomic E-state index is 0.291. The van der Waals surface area contributed by atoms with E-state index in [0.29, 0.717) is 23.7 Å². The third kappa shape index (κ3) is 2.13.